The van der Waals surface area contributed by atoms with Crippen LogP contribution >= 0.6 is 11.6 Å². The maximum atomic E-state index is 12.4. The second-order valence-corrected chi connectivity index (χ2v) is 7.10. The third-order valence-electron chi connectivity index (χ3n) is 3.60. The fourth-order valence-corrected chi connectivity index (χ4v) is 4.01. The van der Waals surface area contributed by atoms with E-state index in [2.05, 4.69) is 0 Å². The molecule has 2 unspecified atom stereocenters. The van der Waals surface area contributed by atoms with Crippen molar-refractivity contribution in [3.05, 3.63) is 0 Å². The van der Waals surface area contributed by atoms with Crippen molar-refractivity contribution in [1.29, 1.82) is 0 Å². The first-order valence-corrected chi connectivity index (χ1v) is 8.15. The van der Waals surface area contributed by atoms with Gasteiger partial charge in [0.15, 0.2) is 0 Å². The van der Waals surface area contributed by atoms with E-state index >= 15 is 0 Å². The van der Waals surface area contributed by atoms with E-state index in [0.717, 1.165) is 19.3 Å². The van der Waals surface area contributed by atoms with Gasteiger partial charge in [-0.25, -0.2) is 0 Å². The fourth-order valence-electron chi connectivity index (χ4n) is 2.03. The zero-order chi connectivity index (χ0) is 13.1. The maximum absolute atomic E-state index is 12.4. The zero-order valence-corrected chi connectivity index (χ0v) is 12.5. The van der Waals surface area contributed by atoms with E-state index in [1.807, 2.05) is 13.8 Å². The monoisotopic (exact) mass is 282 g/mol. The lowest BCUT2D eigenvalue weighted by Crippen LogP contribution is -2.49. The van der Waals surface area contributed by atoms with Gasteiger partial charge in [0.2, 0.25) is 0 Å². The van der Waals surface area contributed by atoms with Crippen LogP contribution in [0.5, 0.6) is 0 Å². The molecule has 1 rings (SSSR count). The van der Waals surface area contributed by atoms with Crippen LogP contribution in [0.1, 0.15) is 33.1 Å². The first-order valence-electron chi connectivity index (χ1n) is 6.22. The van der Waals surface area contributed by atoms with Gasteiger partial charge < -0.3 is 0 Å². The summed E-state index contributed by atoms with van der Waals surface area (Å²) < 4.78 is 27.8. The Morgan fingerprint density at radius 2 is 2.18 bits per heavy atom. The van der Waals surface area contributed by atoms with Gasteiger partial charge in [0.05, 0.1) is 0 Å². The summed E-state index contributed by atoms with van der Waals surface area (Å²) in [5, 5.41) is 0. The fraction of sp³-hybridized carbons (Fsp3) is 1.00. The van der Waals surface area contributed by atoms with Crippen LogP contribution in [0.3, 0.4) is 0 Å². The Bertz CT molecular complexity index is 334. The highest BCUT2D eigenvalue weighted by Gasteiger charge is 2.33. The molecule has 1 aliphatic rings. The van der Waals surface area contributed by atoms with E-state index in [9.17, 15) is 8.42 Å². The molecule has 0 saturated carbocycles. The second-order valence-electron chi connectivity index (χ2n) is 4.80. The molecule has 0 spiro atoms. The molecule has 1 heterocycles. The van der Waals surface area contributed by atoms with Crippen molar-refractivity contribution in [1.82, 2.24) is 8.61 Å². The molecule has 0 aromatic carbocycles. The molecule has 6 heteroatoms. The SMILES string of the molecule is CCC(C)N(C)S(=O)(=O)N1CCCC(CCl)C1. The molecular weight excluding hydrogens is 260 g/mol. The highest BCUT2D eigenvalue weighted by molar-refractivity contribution is 7.86. The first kappa shape index (κ1) is 15.2. The number of hydrogen-bond donors (Lipinski definition) is 0. The van der Waals surface area contributed by atoms with Crippen LogP contribution in [0.15, 0.2) is 0 Å². The average Bonchev–Trinajstić information content (AvgIpc) is 2.36. The Labute approximate surface area is 110 Å². The highest BCUT2D eigenvalue weighted by atomic mass is 35.5. The van der Waals surface area contributed by atoms with E-state index in [4.69, 9.17) is 11.6 Å². The largest absolute Gasteiger partial charge is 0.281 e. The van der Waals surface area contributed by atoms with Crippen LogP contribution in [0.2, 0.25) is 0 Å². The van der Waals surface area contributed by atoms with Gasteiger partial charge in [-0.1, -0.05) is 6.92 Å². The van der Waals surface area contributed by atoms with Crippen LogP contribution in [-0.4, -0.2) is 49.1 Å². The molecule has 0 aromatic heterocycles. The molecule has 1 fully saturated rings. The molecule has 0 bridgehead atoms. The standard InChI is InChI=1S/C11H23ClN2O2S/c1-4-10(2)13(3)17(15,16)14-7-5-6-11(8-12)9-14/h10-11H,4-9H2,1-3H3. The predicted molar refractivity (Wildman–Crippen MR) is 71.5 cm³/mol. The van der Waals surface area contributed by atoms with Crippen LogP contribution in [0, 0.1) is 5.92 Å². The molecule has 0 N–H and O–H groups in total. The van der Waals surface area contributed by atoms with Crippen molar-refractivity contribution in [3.8, 4) is 0 Å². The van der Waals surface area contributed by atoms with Gasteiger partial charge in [-0.3, -0.25) is 0 Å². The molecule has 4 nitrogen and oxygen atoms in total. The summed E-state index contributed by atoms with van der Waals surface area (Å²) in [5.74, 6) is 0.838. The molecule has 2 atom stereocenters. The van der Waals surface area contributed by atoms with Crippen LogP contribution in [0.4, 0.5) is 0 Å². The predicted octanol–water partition coefficient (Wildman–Crippen LogP) is 1.91. The Morgan fingerprint density at radius 3 is 2.71 bits per heavy atom. The lowest BCUT2D eigenvalue weighted by Gasteiger charge is -2.35. The van der Waals surface area contributed by atoms with Crippen LogP contribution in [0.25, 0.3) is 0 Å². The number of nitrogens with zero attached hydrogens (tertiary/aromatic N) is 2. The van der Waals surface area contributed by atoms with E-state index in [1.54, 1.807) is 11.4 Å². The normalized spacial score (nSPS) is 25.1. The molecule has 1 aliphatic heterocycles. The lowest BCUT2D eigenvalue weighted by molar-refractivity contribution is 0.255. The van der Waals surface area contributed by atoms with Gasteiger partial charge in [-0.15, -0.1) is 11.6 Å². The smallest absolute Gasteiger partial charge is 0.195 e. The minimum Gasteiger partial charge on any atom is -0.195 e. The molecule has 0 amide bonds. The van der Waals surface area contributed by atoms with Gasteiger partial charge in [0.25, 0.3) is 10.2 Å². The number of halogens is 1. The van der Waals surface area contributed by atoms with Crippen molar-refractivity contribution in [2.24, 2.45) is 5.92 Å². The van der Waals surface area contributed by atoms with Gasteiger partial charge in [-0.05, 0) is 32.1 Å². The topological polar surface area (TPSA) is 40.6 Å². The quantitative estimate of drug-likeness (QED) is 0.723. The Balaban J connectivity index is 2.76. The number of rotatable bonds is 5. The van der Waals surface area contributed by atoms with Gasteiger partial charge in [0, 0.05) is 32.1 Å². The summed E-state index contributed by atoms with van der Waals surface area (Å²) in [7, 11) is -1.65. The second kappa shape index (κ2) is 6.36. The minimum atomic E-state index is -3.31. The van der Waals surface area contributed by atoms with E-state index in [1.165, 1.54) is 4.31 Å². The van der Waals surface area contributed by atoms with E-state index < -0.39 is 10.2 Å². The molecule has 0 aromatic rings. The first-order chi connectivity index (χ1) is 7.93. The summed E-state index contributed by atoms with van der Waals surface area (Å²) in [6, 6.07) is 0.0383. The summed E-state index contributed by atoms with van der Waals surface area (Å²) in [6.07, 6.45) is 2.76. The van der Waals surface area contributed by atoms with E-state index in [-0.39, 0.29) is 6.04 Å². The maximum Gasteiger partial charge on any atom is 0.281 e. The minimum absolute atomic E-state index is 0.0383. The molecule has 1 saturated heterocycles. The van der Waals surface area contributed by atoms with Crippen molar-refractivity contribution in [2.45, 2.75) is 39.2 Å². The number of piperidine rings is 1. The third kappa shape index (κ3) is 3.56. The van der Waals surface area contributed by atoms with Gasteiger partial charge in [-0.2, -0.15) is 17.0 Å². The van der Waals surface area contributed by atoms with Crippen molar-refractivity contribution in [3.63, 3.8) is 0 Å². The lowest BCUT2D eigenvalue weighted by atomic mass is 10.0. The Kier molecular flexibility index (Phi) is 5.70. The summed E-state index contributed by atoms with van der Waals surface area (Å²) in [4.78, 5) is 0. The summed E-state index contributed by atoms with van der Waals surface area (Å²) in [5.41, 5.74) is 0. The summed E-state index contributed by atoms with van der Waals surface area (Å²) in [6.45, 7) is 5.11. The third-order valence-corrected chi connectivity index (χ3v) is 6.11. The van der Waals surface area contributed by atoms with E-state index in [0.29, 0.717) is 24.9 Å². The number of alkyl halides is 1. The highest BCUT2D eigenvalue weighted by Crippen LogP contribution is 2.22. The number of hydrogen-bond acceptors (Lipinski definition) is 2. The van der Waals surface area contributed by atoms with Crippen molar-refractivity contribution >= 4 is 21.8 Å². The molecule has 17 heavy (non-hydrogen) atoms. The average molecular weight is 283 g/mol. The van der Waals surface area contributed by atoms with Gasteiger partial charge >= 0.3 is 0 Å². The van der Waals surface area contributed by atoms with Crippen molar-refractivity contribution < 1.29 is 8.42 Å². The molecule has 102 valence electrons. The Hall–Kier alpha value is 0.160. The molecular formula is C11H23ClN2O2S. The molecule has 0 aliphatic carbocycles. The zero-order valence-electron chi connectivity index (χ0n) is 10.9. The van der Waals surface area contributed by atoms with Gasteiger partial charge in [0.1, 0.15) is 0 Å². The summed E-state index contributed by atoms with van der Waals surface area (Å²) >= 11 is 5.83. The van der Waals surface area contributed by atoms with Crippen molar-refractivity contribution in [2.75, 3.05) is 26.0 Å². The molecule has 0 radical (unpaired) electrons. The van der Waals surface area contributed by atoms with Crippen LogP contribution in [-0.2, 0) is 10.2 Å². The Morgan fingerprint density at radius 1 is 1.53 bits per heavy atom. The van der Waals surface area contributed by atoms with Crippen LogP contribution < -0.4 is 0 Å².